The van der Waals surface area contributed by atoms with Crippen LogP contribution in [0.25, 0.3) is 0 Å². The molecule has 3 amide bonds. The third-order valence-corrected chi connectivity index (χ3v) is 5.00. The summed E-state index contributed by atoms with van der Waals surface area (Å²) < 4.78 is 0. The number of hydrogen-bond acceptors (Lipinski definition) is 5. The Hall–Kier alpha value is -2.25. The number of carbonyl (C=O) groups is 3. The molecular formula is C17H20N4O3. The number of carbonyl (C=O) groups excluding carboxylic acids is 3. The fourth-order valence-electron chi connectivity index (χ4n) is 3.52. The quantitative estimate of drug-likeness (QED) is 0.649. The zero-order valence-corrected chi connectivity index (χ0v) is 13.3. The third-order valence-electron chi connectivity index (χ3n) is 5.00. The zero-order valence-electron chi connectivity index (χ0n) is 13.3. The van der Waals surface area contributed by atoms with Crippen LogP contribution >= 0.6 is 0 Å². The van der Waals surface area contributed by atoms with E-state index in [2.05, 4.69) is 16.0 Å². The number of piperidine rings is 1. The number of nitrogens with zero attached hydrogens (tertiary/aromatic N) is 1. The van der Waals surface area contributed by atoms with Crippen LogP contribution < -0.4 is 16.0 Å². The van der Waals surface area contributed by atoms with Crippen molar-refractivity contribution < 1.29 is 14.4 Å². The lowest BCUT2D eigenvalue weighted by Crippen LogP contribution is -2.55. The van der Waals surface area contributed by atoms with Gasteiger partial charge < -0.3 is 15.5 Å². The lowest BCUT2D eigenvalue weighted by molar-refractivity contribution is -0.136. The Morgan fingerprint density at radius 1 is 1.21 bits per heavy atom. The molecule has 3 heterocycles. The molecule has 0 spiro atoms. The second-order valence-corrected chi connectivity index (χ2v) is 6.59. The number of benzene rings is 1. The molecule has 1 unspecified atom stereocenters. The molecule has 1 aromatic carbocycles. The summed E-state index contributed by atoms with van der Waals surface area (Å²) >= 11 is 0. The number of amides is 3. The minimum absolute atomic E-state index is 0.108. The van der Waals surface area contributed by atoms with E-state index in [1.54, 1.807) is 4.90 Å². The number of imide groups is 1. The van der Waals surface area contributed by atoms with Crippen LogP contribution in [0.2, 0.25) is 0 Å². The summed E-state index contributed by atoms with van der Waals surface area (Å²) in [7, 11) is 0. The van der Waals surface area contributed by atoms with E-state index >= 15 is 0 Å². The molecule has 7 heteroatoms. The van der Waals surface area contributed by atoms with Crippen LogP contribution in [0.4, 0.5) is 0 Å². The van der Waals surface area contributed by atoms with Gasteiger partial charge in [-0.2, -0.15) is 0 Å². The summed E-state index contributed by atoms with van der Waals surface area (Å²) in [6.07, 6.45) is 0.672. The lowest BCUT2D eigenvalue weighted by atomic mass is 10.0. The Balaban J connectivity index is 1.53. The zero-order chi connectivity index (χ0) is 16.7. The lowest BCUT2D eigenvalue weighted by Gasteiger charge is -2.29. The van der Waals surface area contributed by atoms with Gasteiger partial charge in [-0.1, -0.05) is 18.2 Å². The predicted molar refractivity (Wildman–Crippen MR) is 86.0 cm³/mol. The van der Waals surface area contributed by atoms with Crippen LogP contribution in [0, 0.1) is 0 Å². The smallest absolute Gasteiger partial charge is 0.255 e. The van der Waals surface area contributed by atoms with E-state index in [0.717, 1.165) is 24.2 Å². The fraction of sp³-hybridized carbons (Fsp3) is 0.471. The molecule has 3 aliphatic rings. The maximum absolute atomic E-state index is 12.9. The van der Waals surface area contributed by atoms with Gasteiger partial charge in [-0.15, -0.1) is 0 Å². The van der Waals surface area contributed by atoms with Gasteiger partial charge in [0.15, 0.2) is 0 Å². The maximum Gasteiger partial charge on any atom is 0.255 e. The summed E-state index contributed by atoms with van der Waals surface area (Å²) in [4.78, 5) is 37.9. The van der Waals surface area contributed by atoms with Crippen molar-refractivity contribution in [3.63, 3.8) is 0 Å². The minimum Gasteiger partial charge on any atom is -0.322 e. The molecule has 2 saturated heterocycles. The van der Waals surface area contributed by atoms with E-state index in [0.29, 0.717) is 31.1 Å². The van der Waals surface area contributed by atoms with Crippen molar-refractivity contribution in [1.29, 1.82) is 0 Å². The molecule has 0 bridgehead atoms. The van der Waals surface area contributed by atoms with Crippen molar-refractivity contribution >= 4 is 17.7 Å². The maximum atomic E-state index is 12.9. The Bertz CT molecular complexity index is 714. The van der Waals surface area contributed by atoms with Gasteiger partial charge in [0.1, 0.15) is 6.04 Å². The Morgan fingerprint density at radius 2 is 2.04 bits per heavy atom. The van der Waals surface area contributed by atoms with Gasteiger partial charge in [0.25, 0.3) is 5.91 Å². The molecule has 24 heavy (non-hydrogen) atoms. The molecule has 1 aromatic rings. The van der Waals surface area contributed by atoms with Crippen LogP contribution in [0.15, 0.2) is 18.2 Å². The Kier molecular flexibility index (Phi) is 3.82. The van der Waals surface area contributed by atoms with E-state index in [1.807, 2.05) is 18.2 Å². The van der Waals surface area contributed by atoms with E-state index < -0.39 is 6.04 Å². The van der Waals surface area contributed by atoms with Gasteiger partial charge in [0.2, 0.25) is 11.8 Å². The van der Waals surface area contributed by atoms with E-state index in [1.165, 1.54) is 0 Å². The van der Waals surface area contributed by atoms with Crippen LogP contribution in [-0.4, -0.2) is 47.8 Å². The highest BCUT2D eigenvalue weighted by Gasteiger charge is 2.39. The highest BCUT2D eigenvalue weighted by atomic mass is 16.2. The van der Waals surface area contributed by atoms with Crippen molar-refractivity contribution in [2.24, 2.45) is 0 Å². The van der Waals surface area contributed by atoms with Gasteiger partial charge in [0, 0.05) is 44.2 Å². The Morgan fingerprint density at radius 3 is 2.75 bits per heavy atom. The van der Waals surface area contributed by atoms with Gasteiger partial charge in [-0.25, -0.2) is 0 Å². The molecule has 126 valence electrons. The van der Waals surface area contributed by atoms with Crippen molar-refractivity contribution in [3.8, 4) is 0 Å². The first kappa shape index (κ1) is 15.3. The van der Waals surface area contributed by atoms with Crippen LogP contribution in [0.1, 0.15) is 34.3 Å². The number of fused-ring (bicyclic) bond motifs is 1. The molecule has 1 atom stereocenters. The SMILES string of the molecule is O=C1CCC(N2Cc3cccc(CNC4CNC4)c3C2=O)C(=O)N1. The first-order valence-corrected chi connectivity index (χ1v) is 8.33. The summed E-state index contributed by atoms with van der Waals surface area (Å²) in [5.41, 5.74) is 2.64. The summed E-state index contributed by atoms with van der Waals surface area (Å²) in [5, 5.41) is 8.98. The largest absolute Gasteiger partial charge is 0.322 e. The fourth-order valence-corrected chi connectivity index (χ4v) is 3.52. The average molecular weight is 328 g/mol. The Labute approximate surface area is 139 Å². The average Bonchev–Trinajstić information content (AvgIpc) is 2.84. The molecule has 0 radical (unpaired) electrons. The van der Waals surface area contributed by atoms with Crippen molar-refractivity contribution in [1.82, 2.24) is 20.9 Å². The summed E-state index contributed by atoms with van der Waals surface area (Å²) in [6.45, 7) is 2.97. The monoisotopic (exact) mass is 328 g/mol. The van der Waals surface area contributed by atoms with E-state index in [4.69, 9.17) is 0 Å². The van der Waals surface area contributed by atoms with Crippen LogP contribution in [0.3, 0.4) is 0 Å². The van der Waals surface area contributed by atoms with Gasteiger partial charge in [-0.05, 0) is 17.5 Å². The van der Waals surface area contributed by atoms with E-state index in [9.17, 15) is 14.4 Å². The molecular weight excluding hydrogens is 308 g/mol. The second-order valence-electron chi connectivity index (χ2n) is 6.59. The van der Waals surface area contributed by atoms with Crippen LogP contribution in [-0.2, 0) is 22.7 Å². The first-order valence-electron chi connectivity index (χ1n) is 8.33. The third kappa shape index (κ3) is 2.59. The van der Waals surface area contributed by atoms with E-state index in [-0.39, 0.29) is 24.1 Å². The summed E-state index contributed by atoms with van der Waals surface area (Å²) in [5.74, 6) is -0.740. The highest BCUT2D eigenvalue weighted by molar-refractivity contribution is 6.05. The van der Waals surface area contributed by atoms with Crippen molar-refractivity contribution in [2.75, 3.05) is 13.1 Å². The van der Waals surface area contributed by atoms with Crippen LogP contribution in [0.5, 0.6) is 0 Å². The molecule has 0 aliphatic carbocycles. The standard InChI is InChI=1S/C17H20N4O3/c22-14-5-4-13(16(23)20-14)21-9-11-3-1-2-10(15(11)17(21)24)6-19-12-7-18-8-12/h1-3,12-13,18-19H,4-9H2,(H,20,22,23). The number of hydrogen-bond donors (Lipinski definition) is 3. The molecule has 0 saturated carbocycles. The van der Waals surface area contributed by atoms with Crippen molar-refractivity contribution in [3.05, 3.63) is 34.9 Å². The normalized spacial score (nSPS) is 23.9. The summed E-state index contributed by atoms with van der Waals surface area (Å²) in [6, 6.07) is 5.75. The molecule has 2 fully saturated rings. The van der Waals surface area contributed by atoms with Gasteiger partial charge in [-0.3, -0.25) is 19.7 Å². The molecule has 0 aromatic heterocycles. The molecule has 7 nitrogen and oxygen atoms in total. The molecule has 3 aliphatic heterocycles. The second kappa shape index (κ2) is 5.99. The number of rotatable bonds is 4. The predicted octanol–water partition coefficient (Wildman–Crippen LogP) is -0.491. The van der Waals surface area contributed by atoms with Crippen molar-refractivity contribution in [2.45, 2.75) is 38.0 Å². The topological polar surface area (TPSA) is 90.5 Å². The molecule has 3 N–H and O–H groups in total. The minimum atomic E-state index is -0.556. The number of nitrogens with one attached hydrogen (secondary N) is 3. The van der Waals surface area contributed by atoms with Gasteiger partial charge in [0.05, 0.1) is 0 Å². The molecule has 4 rings (SSSR count). The highest BCUT2D eigenvalue weighted by Crippen LogP contribution is 2.29. The first-order chi connectivity index (χ1) is 11.6. The van der Waals surface area contributed by atoms with Gasteiger partial charge >= 0.3 is 0 Å².